The van der Waals surface area contributed by atoms with Crippen LogP contribution in [0.1, 0.15) is 73.9 Å². The average Bonchev–Trinajstić information content (AvgIpc) is 3.62. The molecule has 3 heterocycles. The number of pyridine rings is 1. The molecule has 2 aliphatic heterocycles. The Bertz CT molecular complexity index is 1160. The zero-order valence-corrected chi connectivity index (χ0v) is 21.8. The fourth-order valence-electron chi connectivity index (χ4n) is 5.46. The maximum absolute atomic E-state index is 12.3. The lowest BCUT2D eigenvalue weighted by Crippen LogP contribution is -2.55. The van der Waals surface area contributed by atoms with Gasteiger partial charge in [-0.3, -0.25) is 9.69 Å². The quantitative estimate of drug-likeness (QED) is 0.191. The molecule has 1 unspecified atom stereocenters. The summed E-state index contributed by atoms with van der Waals surface area (Å²) in [5.41, 5.74) is 10.7. The van der Waals surface area contributed by atoms with Crippen LogP contribution in [0.2, 0.25) is 0 Å². The third-order valence-electron chi connectivity index (χ3n) is 8.14. The topological polar surface area (TPSA) is 125 Å². The van der Waals surface area contributed by atoms with Crippen LogP contribution in [0.5, 0.6) is 0 Å². The van der Waals surface area contributed by atoms with Gasteiger partial charge < -0.3 is 26.3 Å². The number of rotatable bonds is 12. The van der Waals surface area contributed by atoms with E-state index in [1.165, 1.54) is 12.0 Å². The molecule has 1 atom stereocenters. The molecule has 1 aliphatic carbocycles. The van der Waals surface area contributed by atoms with Gasteiger partial charge in [-0.2, -0.15) is 0 Å². The molecular formula is C29H39N5O3. The number of likely N-dealkylation sites (tertiary alicyclic amines) is 1. The number of carboxylic acids is 1. The Hall–Kier alpha value is -2.97. The normalized spacial score (nSPS) is 19.4. The number of fused-ring (bicyclic) bond motifs is 1. The molecule has 0 radical (unpaired) electrons. The molecule has 8 heteroatoms. The van der Waals surface area contributed by atoms with Crippen molar-refractivity contribution in [1.82, 2.24) is 9.88 Å². The summed E-state index contributed by atoms with van der Waals surface area (Å²) in [4.78, 5) is 19.0. The first-order valence-electron chi connectivity index (χ1n) is 13.6. The fraction of sp³-hybridized carbons (Fsp3) is 0.552. The number of hydrogen-bond acceptors (Lipinski definition) is 7. The highest BCUT2D eigenvalue weighted by molar-refractivity contribution is 6.09. The van der Waals surface area contributed by atoms with Crippen molar-refractivity contribution < 1.29 is 14.6 Å². The minimum atomic E-state index is -0.912. The maximum atomic E-state index is 12.3. The lowest BCUT2D eigenvalue weighted by atomic mass is 9.87. The third kappa shape index (κ3) is 5.65. The van der Waals surface area contributed by atoms with Crippen molar-refractivity contribution in [2.24, 2.45) is 5.41 Å². The predicted octanol–water partition coefficient (Wildman–Crippen LogP) is 4.43. The lowest BCUT2D eigenvalue weighted by Gasteiger charge is -2.43. The summed E-state index contributed by atoms with van der Waals surface area (Å²) in [6.07, 6.45) is 8.33. The number of anilines is 2. The van der Waals surface area contributed by atoms with E-state index in [9.17, 15) is 9.90 Å². The highest BCUT2D eigenvalue weighted by Gasteiger charge is 2.45. The van der Waals surface area contributed by atoms with Crippen LogP contribution in [0, 0.1) is 10.8 Å². The first-order valence-corrected chi connectivity index (χ1v) is 13.6. The van der Waals surface area contributed by atoms with Gasteiger partial charge in [0.15, 0.2) is 0 Å². The van der Waals surface area contributed by atoms with Gasteiger partial charge in [-0.1, -0.05) is 31.5 Å². The van der Waals surface area contributed by atoms with E-state index in [0.29, 0.717) is 42.2 Å². The Morgan fingerprint density at radius 3 is 2.84 bits per heavy atom. The monoisotopic (exact) mass is 505 g/mol. The van der Waals surface area contributed by atoms with Gasteiger partial charge in [-0.05, 0) is 68.2 Å². The molecule has 5 N–H and O–H groups in total. The van der Waals surface area contributed by atoms with E-state index in [0.717, 1.165) is 63.0 Å². The fourth-order valence-corrected chi connectivity index (χ4v) is 5.46. The SMILES string of the molecule is CC1(C(=N)c2c(N)cccc2C(C(=O)O)N2CC(OCCCCCc3ccc4c(n3)NCCC4)C2)CC1. The number of benzene rings is 1. The standard InChI is InChI=1S/C29H39N5O3/c1-29(13-14-29)26(31)24-22(9-5-10-23(24)30)25(28(35)36)34-17-21(18-34)37-16-4-2-3-8-20-12-11-19-7-6-15-32-27(19)33-20/h5,9-12,21,25,31H,2-4,6-8,13-18,30H2,1H3,(H,32,33)(H,35,36). The summed E-state index contributed by atoms with van der Waals surface area (Å²) >= 11 is 0. The molecule has 2 fully saturated rings. The number of hydrogen-bond donors (Lipinski definition) is 4. The Kier molecular flexibility index (Phi) is 7.49. The number of nitrogen functional groups attached to an aromatic ring is 1. The molecule has 1 saturated carbocycles. The van der Waals surface area contributed by atoms with Crippen LogP contribution in [0.25, 0.3) is 0 Å². The Morgan fingerprint density at radius 1 is 1.27 bits per heavy atom. The molecule has 1 aromatic carbocycles. The second-order valence-corrected chi connectivity index (χ2v) is 11.1. The van der Waals surface area contributed by atoms with Crippen LogP contribution in [-0.2, 0) is 22.4 Å². The van der Waals surface area contributed by atoms with Crippen molar-refractivity contribution in [3.63, 3.8) is 0 Å². The molecule has 1 aromatic heterocycles. The summed E-state index contributed by atoms with van der Waals surface area (Å²) in [5, 5.41) is 22.2. The number of aryl methyl sites for hydroxylation is 2. The van der Waals surface area contributed by atoms with E-state index >= 15 is 0 Å². The van der Waals surface area contributed by atoms with Crippen LogP contribution in [0.15, 0.2) is 30.3 Å². The molecule has 1 saturated heterocycles. The number of aromatic nitrogens is 1. The first kappa shape index (κ1) is 25.7. The predicted molar refractivity (Wildman–Crippen MR) is 145 cm³/mol. The van der Waals surface area contributed by atoms with Crippen LogP contribution >= 0.6 is 0 Å². The Morgan fingerprint density at radius 2 is 2.08 bits per heavy atom. The van der Waals surface area contributed by atoms with Crippen molar-refractivity contribution in [3.05, 3.63) is 52.7 Å². The second kappa shape index (κ2) is 10.8. The van der Waals surface area contributed by atoms with Crippen LogP contribution in [0.3, 0.4) is 0 Å². The van der Waals surface area contributed by atoms with E-state index in [2.05, 4.69) is 24.4 Å². The summed E-state index contributed by atoms with van der Waals surface area (Å²) in [6, 6.07) is 8.91. The minimum Gasteiger partial charge on any atom is -0.480 e. The van der Waals surface area contributed by atoms with Gasteiger partial charge in [0.25, 0.3) is 0 Å². The number of carboxylic acid groups (broad SMARTS) is 1. The molecule has 198 valence electrons. The van der Waals surface area contributed by atoms with Crippen LogP contribution in [0.4, 0.5) is 11.5 Å². The number of ether oxygens (including phenoxy) is 1. The molecule has 0 amide bonds. The molecule has 8 nitrogen and oxygen atoms in total. The van der Waals surface area contributed by atoms with E-state index < -0.39 is 12.0 Å². The number of nitrogens with one attached hydrogen (secondary N) is 2. The minimum absolute atomic E-state index is 0.0418. The highest BCUT2D eigenvalue weighted by Crippen LogP contribution is 2.49. The number of aliphatic carboxylic acids is 1. The number of nitrogens with two attached hydrogens (primary N) is 1. The van der Waals surface area contributed by atoms with Gasteiger partial charge in [0.2, 0.25) is 0 Å². The van der Waals surface area contributed by atoms with Gasteiger partial charge in [0.05, 0.1) is 6.10 Å². The van der Waals surface area contributed by atoms with E-state index in [-0.39, 0.29) is 11.5 Å². The Balaban J connectivity index is 1.07. The van der Waals surface area contributed by atoms with Crippen molar-refractivity contribution >= 4 is 23.2 Å². The van der Waals surface area contributed by atoms with Crippen molar-refractivity contribution in [1.29, 1.82) is 5.41 Å². The molecular weight excluding hydrogens is 466 g/mol. The van der Waals surface area contributed by atoms with Crippen molar-refractivity contribution in [2.45, 2.75) is 70.4 Å². The molecule has 5 rings (SSSR count). The van der Waals surface area contributed by atoms with Crippen molar-refractivity contribution in [3.8, 4) is 0 Å². The zero-order valence-electron chi connectivity index (χ0n) is 21.8. The largest absolute Gasteiger partial charge is 0.480 e. The number of unbranched alkanes of at least 4 members (excludes halogenated alkanes) is 2. The van der Waals surface area contributed by atoms with Gasteiger partial charge in [0.1, 0.15) is 11.9 Å². The molecule has 0 spiro atoms. The van der Waals surface area contributed by atoms with Crippen LogP contribution < -0.4 is 11.1 Å². The van der Waals surface area contributed by atoms with Gasteiger partial charge in [-0.25, -0.2) is 4.98 Å². The zero-order chi connectivity index (χ0) is 26.0. The van der Waals surface area contributed by atoms with E-state index in [1.54, 1.807) is 12.1 Å². The Labute approximate surface area is 219 Å². The van der Waals surface area contributed by atoms with Gasteiger partial charge >= 0.3 is 5.97 Å². The molecule has 3 aliphatic rings. The number of nitrogens with zero attached hydrogens (tertiary/aromatic N) is 2. The van der Waals surface area contributed by atoms with Gasteiger partial charge in [0, 0.05) is 54.3 Å². The average molecular weight is 506 g/mol. The van der Waals surface area contributed by atoms with Crippen molar-refractivity contribution in [2.75, 3.05) is 37.3 Å². The molecule has 37 heavy (non-hydrogen) atoms. The van der Waals surface area contributed by atoms with E-state index in [1.807, 2.05) is 11.0 Å². The summed E-state index contributed by atoms with van der Waals surface area (Å²) in [6.45, 7) is 4.89. The smallest absolute Gasteiger partial charge is 0.325 e. The summed E-state index contributed by atoms with van der Waals surface area (Å²) < 4.78 is 6.04. The summed E-state index contributed by atoms with van der Waals surface area (Å²) in [5.74, 6) is 0.148. The maximum Gasteiger partial charge on any atom is 0.325 e. The van der Waals surface area contributed by atoms with Gasteiger partial charge in [-0.15, -0.1) is 0 Å². The molecule has 2 aromatic rings. The summed E-state index contributed by atoms with van der Waals surface area (Å²) in [7, 11) is 0. The second-order valence-electron chi connectivity index (χ2n) is 11.1. The van der Waals surface area contributed by atoms with Crippen LogP contribution in [-0.4, -0.2) is 59.0 Å². The first-order chi connectivity index (χ1) is 17.9. The molecule has 0 bridgehead atoms. The highest BCUT2D eigenvalue weighted by atomic mass is 16.5. The third-order valence-corrected chi connectivity index (χ3v) is 8.14. The lowest BCUT2D eigenvalue weighted by molar-refractivity contribution is -0.150. The number of carbonyl (C=O) groups is 1. The van der Waals surface area contributed by atoms with E-state index in [4.69, 9.17) is 20.9 Å².